The van der Waals surface area contributed by atoms with Gasteiger partial charge in [0.2, 0.25) is 0 Å². The minimum atomic E-state index is -1.57. The average molecular weight is 294 g/mol. The Labute approximate surface area is 66.9 Å². The molecule has 1 heterocycles. The normalized spacial score (nSPS) is 11.9. The maximum atomic E-state index is 2.48. The molecule has 2 heteroatoms. The van der Waals surface area contributed by atoms with Gasteiger partial charge in [-0.2, -0.15) is 0 Å². The van der Waals surface area contributed by atoms with Crippen LogP contribution in [0, 0.1) is 0 Å². The molecule has 1 aromatic rings. The van der Waals surface area contributed by atoms with Crippen molar-refractivity contribution in [1.82, 2.24) is 0 Å². The third kappa shape index (κ3) is 2.14. The molecule has 9 heavy (non-hydrogen) atoms. The fourth-order valence-corrected chi connectivity index (χ4v) is 10.4. The van der Waals surface area contributed by atoms with Gasteiger partial charge in [-0.15, -0.1) is 0 Å². The monoisotopic (exact) mass is 296 g/mol. The van der Waals surface area contributed by atoms with E-state index >= 15 is 0 Å². The molecule has 0 saturated carbocycles. The Balaban J connectivity index is 2.90. The molecule has 0 nitrogen and oxygen atoms in total. The molecule has 0 aromatic carbocycles. The molecule has 0 amide bonds. The summed E-state index contributed by atoms with van der Waals surface area (Å²) in [6.07, 6.45) is 0. The van der Waals surface area contributed by atoms with Gasteiger partial charge in [0.25, 0.3) is 0 Å². The number of hydrogen-bond donors (Lipinski definition) is 0. The van der Waals surface area contributed by atoms with Gasteiger partial charge in [0, 0.05) is 0 Å². The van der Waals surface area contributed by atoms with Crippen LogP contribution in [0.3, 0.4) is 0 Å². The van der Waals surface area contributed by atoms with Gasteiger partial charge in [0.15, 0.2) is 0 Å². The summed E-state index contributed by atoms with van der Waals surface area (Å²) in [5.74, 6) is 0. The summed E-state index contributed by atoms with van der Waals surface area (Å²) >= 11 is -0.821. The molecule has 0 atom stereocenters. The van der Waals surface area contributed by atoms with Crippen molar-refractivity contribution >= 4 is 35.3 Å². The fraction of sp³-hybridized carbons (Fsp3) is 0.429. The first-order chi connectivity index (χ1) is 4.11. The molecule has 0 N–H and O–H groups in total. The zero-order chi connectivity index (χ0) is 6.91. The predicted molar refractivity (Wildman–Crippen MR) is 46.4 cm³/mol. The third-order valence-corrected chi connectivity index (χ3v) is 17.8. The first kappa shape index (κ1) is 7.90. The Morgan fingerprint density at radius 1 is 1.33 bits per heavy atom. The molecule has 0 fully saturated rings. The Morgan fingerprint density at radius 3 is 2.22 bits per heavy atom. The van der Waals surface area contributed by atoms with E-state index in [1.807, 2.05) is 2.45 Å². The molecule has 0 bridgehead atoms. The molecular weight excluding hydrogens is 282 g/mol. The van der Waals surface area contributed by atoms with Gasteiger partial charge in [-0.1, -0.05) is 0 Å². The maximum absolute atomic E-state index is 2.48. The molecule has 1 rings (SSSR count). The Morgan fingerprint density at radius 2 is 2.00 bits per heavy atom. The van der Waals surface area contributed by atoms with Crippen LogP contribution >= 0.6 is 0 Å². The molecule has 0 radical (unpaired) electrons. The van der Waals surface area contributed by atoms with Crippen molar-refractivity contribution in [2.45, 2.75) is 14.8 Å². The Hall–Kier alpha value is 0.798. The standard InChI is InChI=1S/C4H3Se.3CH3.Sn/c1-2-4-5-3-1;;;;/h1-3H;3*1H3;. The Bertz CT molecular complexity index is 171. The zero-order valence-electron chi connectivity index (χ0n) is 6.14. The summed E-state index contributed by atoms with van der Waals surface area (Å²) in [5, 5.41) is 0. The summed E-state index contributed by atoms with van der Waals surface area (Å²) in [6, 6.07) is 4.56. The van der Waals surface area contributed by atoms with E-state index < -0.39 is 18.4 Å². The number of rotatable bonds is 1. The SMILES string of the molecule is [CH3][Sn]([CH3])([CH3])[c]1ccc[se]1. The van der Waals surface area contributed by atoms with Crippen LogP contribution in [-0.4, -0.2) is 32.9 Å². The first-order valence-corrected chi connectivity index (χ1v) is 15.0. The van der Waals surface area contributed by atoms with Crippen LogP contribution in [0.25, 0.3) is 0 Å². The molecule has 0 aliphatic carbocycles. The quantitative estimate of drug-likeness (QED) is 0.685. The van der Waals surface area contributed by atoms with E-state index in [1.54, 1.807) is 0 Å². The van der Waals surface area contributed by atoms with Crippen molar-refractivity contribution in [3.05, 3.63) is 17.1 Å². The Kier molecular flexibility index (Phi) is 2.47. The second-order valence-electron chi connectivity index (χ2n) is 3.23. The van der Waals surface area contributed by atoms with Crippen molar-refractivity contribution < 1.29 is 0 Å². The molecular formula is C7H12SeSn. The minimum absolute atomic E-state index is 0.744. The fourth-order valence-electron chi connectivity index (χ4n) is 0.705. The van der Waals surface area contributed by atoms with Crippen molar-refractivity contribution in [1.29, 1.82) is 0 Å². The van der Waals surface area contributed by atoms with E-state index in [0.717, 1.165) is 14.5 Å². The predicted octanol–water partition coefficient (Wildman–Crippen LogP) is 1.29. The van der Waals surface area contributed by atoms with Gasteiger partial charge in [-0.25, -0.2) is 0 Å². The van der Waals surface area contributed by atoms with E-state index in [9.17, 15) is 0 Å². The van der Waals surface area contributed by atoms with Crippen LogP contribution in [-0.2, 0) is 0 Å². The average Bonchev–Trinajstić information content (AvgIpc) is 2.08. The van der Waals surface area contributed by atoms with Crippen LogP contribution < -0.4 is 2.45 Å². The van der Waals surface area contributed by atoms with Gasteiger partial charge >= 0.3 is 67.2 Å². The van der Waals surface area contributed by atoms with Crippen molar-refractivity contribution in [3.8, 4) is 0 Å². The van der Waals surface area contributed by atoms with Crippen LogP contribution in [0.1, 0.15) is 0 Å². The molecule has 50 valence electrons. The summed E-state index contributed by atoms with van der Waals surface area (Å²) < 4.78 is 1.82. The summed E-state index contributed by atoms with van der Waals surface area (Å²) in [6.45, 7) is 0. The molecule has 0 saturated heterocycles. The third-order valence-electron chi connectivity index (χ3n) is 1.26. The van der Waals surface area contributed by atoms with Gasteiger partial charge in [0.05, 0.1) is 0 Å². The van der Waals surface area contributed by atoms with E-state index in [4.69, 9.17) is 0 Å². The van der Waals surface area contributed by atoms with Gasteiger partial charge < -0.3 is 0 Å². The van der Waals surface area contributed by atoms with Gasteiger partial charge in [0.1, 0.15) is 0 Å². The second kappa shape index (κ2) is 2.81. The van der Waals surface area contributed by atoms with Gasteiger partial charge in [-0.05, 0) is 0 Å². The molecule has 0 aliphatic rings. The van der Waals surface area contributed by atoms with E-state index in [0.29, 0.717) is 0 Å². The topological polar surface area (TPSA) is 0 Å². The van der Waals surface area contributed by atoms with E-state index in [2.05, 4.69) is 31.9 Å². The van der Waals surface area contributed by atoms with Crippen LogP contribution in [0.15, 0.2) is 17.1 Å². The van der Waals surface area contributed by atoms with Crippen LogP contribution in [0.2, 0.25) is 14.8 Å². The van der Waals surface area contributed by atoms with E-state index in [-0.39, 0.29) is 0 Å². The summed E-state index contributed by atoms with van der Waals surface area (Å²) in [4.78, 5) is 9.77. The van der Waals surface area contributed by atoms with Crippen LogP contribution in [0.4, 0.5) is 0 Å². The molecule has 1 aromatic heterocycles. The molecule has 0 unspecified atom stereocenters. The number of hydrogen-bond acceptors (Lipinski definition) is 0. The first-order valence-electron chi connectivity index (χ1n) is 3.15. The van der Waals surface area contributed by atoms with Crippen molar-refractivity contribution in [2.24, 2.45) is 0 Å². The van der Waals surface area contributed by atoms with Crippen molar-refractivity contribution in [3.63, 3.8) is 0 Å². The second-order valence-corrected chi connectivity index (χ2v) is 21.9. The van der Waals surface area contributed by atoms with Crippen molar-refractivity contribution in [2.75, 3.05) is 0 Å². The summed E-state index contributed by atoms with van der Waals surface area (Å²) in [5.41, 5.74) is 0. The van der Waals surface area contributed by atoms with E-state index in [1.165, 1.54) is 0 Å². The zero-order valence-corrected chi connectivity index (χ0v) is 10.7. The molecule has 0 spiro atoms. The van der Waals surface area contributed by atoms with Crippen LogP contribution in [0.5, 0.6) is 0 Å². The van der Waals surface area contributed by atoms with Gasteiger partial charge in [-0.3, -0.25) is 0 Å². The molecule has 0 aliphatic heterocycles. The summed E-state index contributed by atoms with van der Waals surface area (Å²) in [7, 11) is 0.